The average Bonchev–Trinajstić information content (AvgIpc) is 2.72. The van der Waals surface area contributed by atoms with E-state index < -0.39 is 0 Å². The highest BCUT2D eigenvalue weighted by Gasteiger charge is 2.10. The van der Waals surface area contributed by atoms with Gasteiger partial charge in [0, 0.05) is 12.6 Å². The van der Waals surface area contributed by atoms with Crippen LogP contribution < -0.4 is 5.32 Å². The maximum atomic E-state index is 5.40. The molecule has 0 saturated carbocycles. The molecular weight excluding hydrogens is 282 g/mol. The molecule has 0 spiro atoms. The Labute approximate surface area is 109 Å². The minimum Gasteiger partial charge on any atom is -0.461 e. The molecule has 4 nitrogen and oxygen atoms in total. The normalized spacial score (nSPS) is 10.5. The molecule has 2 heterocycles. The lowest BCUT2D eigenvalue weighted by Crippen LogP contribution is -2.04. The summed E-state index contributed by atoms with van der Waals surface area (Å²) in [4.78, 5) is 8.70. The second-order valence-corrected chi connectivity index (χ2v) is 4.56. The summed E-state index contributed by atoms with van der Waals surface area (Å²) in [6.07, 6.45) is 2.69. The second kappa shape index (κ2) is 5.31. The first-order chi connectivity index (χ1) is 8.20. The van der Waals surface area contributed by atoms with E-state index in [0.29, 0.717) is 0 Å². The highest BCUT2D eigenvalue weighted by atomic mass is 79.9. The zero-order valence-electron chi connectivity index (χ0n) is 9.83. The summed E-state index contributed by atoms with van der Waals surface area (Å²) in [6, 6.07) is 3.75. The van der Waals surface area contributed by atoms with Crippen molar-refractivity contribution in [2.75, 3.05) is 11.9 Å². The summed E-state index contributed by atoms with van der Waals surface area (Å²) in [5.74, 6) is 2.29. The van der Waals surface area contributed by atoms with Gasteiger partial charge in [0.15, 0.2) is 5.76 Å². The highest BCUT2D eigenvalue weighted by Crippen LogP contribution is 2.28. The molecule has 0 aliphatic heterocycles. The van der Waals surface area contributed by atoms with Gasteiger partial charge >= 0.3 is 0 Å². The lowest BCUT2D eigenvalue weighted by molar-refractivity contribution is 0.578. The van der Waals surface area contributed by atoms with Crippen LogP contribution in [0.5, 0.6) is 0 Å². The molecule has 0 fully saturated rings. The number of hydrogen-bond donors (Lipinski definition) is 1. The van der Waals surface area contributed by atoms with Crippen LogP contribution in [-0.2, 0) is 0 Å². The van der Waals surface area contributed by atoms with Crippen LogP contribution in [0.25, 0.3) is 11.5 Å². The van der Waals surface area contributed by atoms with Gasteiger partial charge in [0.05, 0.1) is 10.7 Å². The second-order valence-electron chi connectivity index (χ2n) is 3.71. The number of aryl methyl sites for hydroxylation is 1. The van der Waals surface area contributed by atoms with E-state index in [9.17, 15) is 0 Å². The lowest BCUT2D eigenvalue weighted by atomic mass is 10.3. The zero-order chi connectivity index (χ0) is 12.3. The molecule has 1 N–H and O–H groups in total. The fraction of sp³-hybridized carbons (Fsp3) is 0.333. The van der Waals surface area contributed by atoms with Crippen molar-refractivity contribution >= 4 is 21.7 Å². The fourth-order valence-electron chi connectivity index (χ4n) is 1.50. The number of nitrogens with zero attached hydrogens (tertiary/aromatic N) is 2. The van der Waals surface area contributed by atoms with Crippen LogP contribution in [0.1, 0.15) is 19.2 Å². The van der Waals surface area contributed by atoms with Gasteiger partial charge in [0.25, 0.3) is 0 Å². The molecule has 0 amide bonds. The maximum Gasteiger partial charge on any atom is 0.166 e. The Bertz CT molecular complexity index is 510. The number of furan rings is 1. The molecule has 0 atom stereocenters. The van der Waals surface area contributed by atoms with Crippen molar-refractivity contribution in [3.63, 3.8) is 0 Å². The number of rotatable bonds is 4. The summed E-state index contributed by atoms with van der Waals surface area (Å²) < 4.78 is 6.30. The van der Waals surface area contributed by atoms with Crippen LogP contribution in [0.4, 0.5) is 5.82 Å². The summed E-state index contributed by atoms with van der Waals surface area (Å²) in [5, 5.41) is 3.25. The monoisotopic (exact) mass is 295 g/mol. The Morgan fingerprint density at radius 3 is 2.88 bits per heavy atom. The van der Waals surface area contributed by atoms with Crippen LogP contribution in [0, 0.1) is 6.92 Å². The minimum absolute atomic E-state index is 0.726. The molecule has 17 heavy (non-hydrogen) atoms. The van der Waals surface area contributed by atoms with Gasteiger partial charge in [-0.25, -0.2) is 9.97 Å². The molecule has 0 aliphatic rings. The first-order valence-corrected chi connectivity index (χ1v) is 6.33. The Morgan fingerprint density at radius 2 is 2.24 bits per heavy atom. The van der Waals surface area contributed by atoms with Crippen LogP contribution in [0.3, 0.4) is 0 Å². The number of aromatic nitrogens is 2. The molecular formula is C12H14BrN3O. The van der Waals surface area contributed by atoms with Crippen LogP contribution in [0.15, 0.2) is 27.3 Å². The third kappa shape index (κ3) is 2.85. The van der Waals surface area contributed by atoms with Gasteiger partial charge in [-0.1, -0.05) is 6.92 Å². The van der Waals surface area contributed by atoms with Gasteiger partial charge in [-0.3, -0.25) is 0 Å². The van der Waals surface area contributed by atoms with Crippen LogP contribution in [0.2, 0.25) is 0 Å². The third-order valence-electron chi connectivity index (χ3n) is 2.24. The highest BCUT2D eigenvalue weighted by molar-refractivity contribution is 9.10. The Morgan fingerprint density at radius 1 is 1.41 bits per heavy atom. The van der Waals surface area contributed by atoms with Crippen molar-refractivity contribution in [1.82, 2.24) is 9.97 Å². The predicted octanol–water partition coefficient (Wildman–Crippen LogP) is 3.63. The van der Waals surface area contributed by atoms with E-state index in [1.54, 1.807) is 6.26 Å². The van der Waals surface area contributed by atoms with Gasteiger partial charge in [-0.05, 0) is 35.3 Å². The molecule has 5 heteroatoms. The molecule has 0 radical (unpaired) electrons. The average molecular weight is 296 g/mol. The Kier molecular flexibility index (Phi) is 3.78. The van der Waals surface area contributed by atoms with Gasteiger partial charge in [0.2, 0.25) is 0 Å². The Hall–Kier alpha value is -1.36. The fourth-order valence-corrected chi connectivity index (χ4v) is 1.91. The quantitative estimate of drug-likeness (QED) is 0.936. The summed E-state index contributed by atoms with van der Waals surface area (Å²) in [6.45, 7) is 4.89. The molecule has 0 saturated heterocycles. The van der Waals surface area contributed by atoms with E-state index in [1.165, 1.54) is 0 Å². The minimum atomic E-state index is 0.726. The van der Waals surface area contributed by atoms with Crippen molar-refractivity contribution in [3.8, 4) is 11.5 Å². The van der Waals surface area contributed by atoms with Crippen molar-refractivity contribution in [2.45, 2.75) is 20.3 Å². The lowest BCUT2D eigenvalue weighted by Gasteiger charge is -2.06. The van der Waals surface area contributed by atoms with Gasteiger partial charge in [-0.2, -0.15) is 0 Å². The summed E-state index contributed by atoms with van der Waals surface area (Å²) in [7, 11) is 0. The molecule has 0 aliphatic carbocycles. The molecule has 0 aromatic carbocycles. The topological polar surface area (TPSA) is 51.0 Å². The molecule has 2 aromatic rings. The van der Waals surface area contributed by atoms with Crippen molar-refractivity contribution in [2.24, 2.45) is 0 Å². The van der Waals surface area contributed by atoms with E-state index in [1.807, 2.05) is 19.1 Å². The van der Waals surface area contributed by atoms with E-state index in [-0.39, 0.29) is 0 Å². The van der Waals surface area contributed by atoms with Crippen LogP contribution in [-0.4, -0.2) is 16.5 Å². The number of halogens is 1. The van der Waals surface area contributed by atoms with E-state index in [4.69, 9.17) is 4.42 Å². The third-order valence-corrected chi connectivity index (χ3v) is 2.87. The predicted molar refractivity (Wildman–Crippen MR) is 71.0 cm³/mol. The van der Waals surface area contributed by atoms with Crippen molar-refractivity contribution < 1.29 is 4.42 Å². The van der Waals surface area contributed by atoms with Crippen molar-refractivity contribution in [1.29, 1.82) is 0 Å². The van der Waals surface area contributed by atoms with Crippen molar-refractivity contribution in [3.05, 3.63) is 28.7 Å². The smallest absolute Gasteiger partial charge is 0.166 e. The molecule has 2 aromatic heterocycles. The van der Waals surface area contributed by atoms with E-state index >= 15 is 0 Å². The SMILES string of the molecule is CCCNc1cc(-c2occc2Br)nc(C)n1. The summed E-state index contributed by atoms with van der Waals surface area (Å²) in [5.41, 5.74) is 0.785. The van der Waals surface area contributed by atoms with Gasteiger partial charge < -0.3 is 9.73 Å². The summed E-state index contributed by atoms with van der Waals surface area (Å²) >= 11 is 3.43. The molecule has 0 bridgehead atoms. The number of nitrogens with one attached hydrogen (secondary N) is 1. The van der Waals surface area contributed by atoms with Gasteiger partial charge in [0.1, 0.15) is 17.3 Å². The van der Waals surface area contributed by atoms with E-state index in [0.717, 1.165) is 40.5 Å². The standard InChI is InChI=1S/C12H14BrN3O/c1-3-5-14-11-7-10(15-8(2)16-11)12-9(13)4-6-17-12/h4,6-7H,3,5H2,1-2H3,(H,14,15,16). The van der Waals surface area contributed by atoms with E-state index in [2.05, 4.69) is 38.1 Å². The maximum absolute atomic E-state index is 5.40. The molecule has 90 valence electrons. The first-order valence-electron chi connectivity index (χ1n) is 5.53. The van der Waals surface area contributed by atoms with Crippen LogP contribution >= 0.6 is 15.9 Å². The van der Waals surface area contributed by atoms with Gasteiger partial charge in [-0.15, -0.1) is 0 Å². The number of anilines is 1. The molecule has 0 unspecified atom stereocenters. The molecule has 2 rings (SSSR count). The number of hydrogen-bond acceptors (Lipinski definition) is 4. The largest absolute Gasteiger partial charge is 0.461 e. The Balaban J connectivity index is 2.35. The zero-order valence-corrected chi connectivity index (χ0v) is 11.4. The first kappa shape index (κ1) is 12.1.